The lowest BCUT2D eigenvalue weighted by atomic mass is 9.84. The van der Waals surface area contributed by atoms with Crippen LogP contribution in [-0.2, 0) is 10.0 Å². The number of sulfonamides is 1. The molecule has 2 aliphatic rings. The van der Waals surface area contributed by atoms with Crippen molar-refractivity contribution in [2.45, 2.75) is 88.6 Å². The van der Waals surface area contributed by atoms with Crippen LogP contribution in [0.2, 0.25) is 0 Å². The molecule has 1 fully saturated rings. The number of nitrogens with one attached hydrogen (secondary N) is 2. The third-order valence-electron chi connectivity index (χ3n) is 6.23. The highest BCUT2D eigenvalue weighted by Crippen LogP contribution is 2.39. The molecule has 0 radical (unpaired) electrons. The van der Waals surface area contributed by atoms with Gasteiger partial charge in [0.2, 0.25) is 0 Å². The predicted molar refractivity (Wildman–Crippen MR) is 119 cm³/mol. The molecule has 162 valence electrons. The molecule has 1 aromatic rings. The molecule has 1 saturated carbocycles. The van der Waals surface area contributed by atoms with E-state index in [4.69, 9.17) is 5.41 Å². The lowest BCUT2D eigenvalue weighted by molar-refractivity contribution is 0.245. The first kappa shape index (κ1) is 22.4. The van der Waals surface area contributed by atoms with Crippen LogP contribution in [0.25, 0.3) is 0 Å². The minimum atomic E-state index is -3.96. The van der Waals surface area contributed by atoms with E-state index < -0.39 is 15.6 Å². The van der Waals surface area contributed by atoms with Crippen LogP contribution in [0.5, 0.6) is 0 Å². The minimum Gasteiger partial charge on any atom is -0.384 e. The van der Waals surface area contributed by atoms with Gasteiger partial charge in [0, 0.05) is 18.2 Å². The van der Waals surface area contributed by atoms with E-state index in [0.29, 0.717) is 12.8 Å². The second-order valence-electron chi connectivity index (χ2n) is 8.80. The molecule has 2 N–H and O–H groups in total. The first-order chi connectivity index (χ1) is 14.2. The first-order valence-corrected chi connectivity index (χ1v) is 12.3. The van der Waals surface area contributed by atoms with Crippen LogP contribution < -0.4 is 5.32 Å². The largest absolute Gasteiger partial charge is 0.384 e. The van der Waals surface area contributed by atoms with Crippen LogP contribution in [0.3, 0.4) is 0 Å². The molecule has 1 aliphatic carbocycles. The zero-order valence-corrected chi connectivity index (χ0v) is 19.0. The van der Waals surface area contributed by atoms with Gasteiger partial charge in [-0.25, -0.2) is 12.7 Å². The molecular formula is C23H32N4O2S. The van der Waals surface area contributed by atoms with Gasteiger partial charge in [-0.1, -0.05) is 50.3 Å². The number of rotatable bonds is 6. The fourth-order valence-corrected chi connectivity index (χ4v) is 6.51. The summed E-state index contributed by atoms with van der Waals surface area (Å²) >= 11 is 0. The van der Waals surface area contributed by atoms with Gasteiger partial charge in [0.15, 0.2) is 5.84 Å². The molecule has 1 aromatic carbocycles. The summed E-state index contributed by atoms with van der Waals surface area (Å²) in [6.45, 7) is 5.82. The molecule has 6 nitrogen and oxygen atoms in total. The molecule has 0 saturated heterocycles. The second kappa shape index (κ2) is 8.81. The molecule has 30 heavy (non-hydrogen) atoms. The zero-order chi connectivity index (χ0) is 21.9. The number of amidine groups is 1. The Hall–Kier alpha value is -2.33. The molecule has 0 aromatic heterocycles. The Balaban J connectivity index is 2.05. The number of hydrogen-bond acceptors (Lipinski definition) is 5. The normalized spacial score (nSPS) is 23.4. The maximum Gasteiger partial charge on any atom is 0.266 e. The van der Waals surface area contributed by atoms with Crippen LogP contribution in [-0.4, -0.2) is 30.1 Å². The van der Waals surface area contributed by atoms with E-state index in [-0.39, 0.29) is 22.3 Å². The highest BCUT2D eigenvalue weighted by atomic mass is 32.2. The summed E-state index contributed by atoms with van der Waals surface area (Å²) in [6, 6.07) is 9.09. The SMILES string of the molecule is CCCC1(C)CC(NC2CCCCC2)=C(C#N)C(=N)N1S(=O)(=O)c1ccc(C)cc1. The second-order valence-corrected chi connectivity index (χ2v) is 10.6. The summed E-state index contributed by atoms with van der Waals surface area (Å²) in [4.78, 5) is 0.154. The van der Waals surface area contributed by atoms with E-state index in [2.05, 4.69) is 11.4 Å². The Morgan fingerprint density at radius 1 is 1.23 bits per heavy atom. The van der Waals surface area contributed by atoms with Gasteiger partial charge in [-0.2, -0.15) is 5.26 Å². The summed E-state index contributed by atoms with van der Waals surface area (Å²) < 4.78 is 28.4. The van der Waals surface area contributed by atoms with E-state index in [0.717, 1.165) is 43.4 Å². The first-order valence-electron chi connectivity index (χ1n) is 10.8. The molecule has 0 amide bonds. The van der Waals surface area contributed by atoms with Gasteiger partial charge in [0.25, 0.3) is 10.0 Å². The number of benzene rings is 1. The summed E-state index contributed by atoms with van der Waals surface area (Å²) in [5, 5.41) is 22.1. The Morgan fingerprint density at radius 2 is 1.87 bits per heavy atom. The molecule has 1 heterocycles. The van der Waals surface area contributed by atoms with Crippen molar-refractivity contribution in [1.82, 2.24) is 9.62 Å². The van der Waals surface area contributed by atoms with Crippen LogP contribution in [0, 0.1) is 23.7 Å². The molecule has 7 heteroatoms. The van der Waals surface area contributed by atoms with Crippen molar-refractivity contribution >= 4 is 15.9 Å². The summed E-state index contributed by atoms with van der Waals surface area (Å²) in [7, 11) is -3.96. The Kier molecular flexibility index (Phi) is 6.56. The molecule has 0 bridgehead atoms. The zero-order valence-electron chi connectivity index (χ0n) is 18.2. The van der Waals surface area contributed by atoms with Crippen molar-refractivity contribution in [1.29, 1.82) is 10.7 Å². The van der Waals surface area contributed by atoms with Crippen LogP contribution in [0.1, 0.15) is 70.8 Å². The summed E-state index contributed by atoms with van der Waals surface area (Å²) in [5.74, 6) is -0.224. The average molecular weight is 429 g/mol. The molecular weight excluding hydrogens is 396 g/mol. The Bertz CT molecular complexity index is 969. The van der Waals surface area contributed by atoms with Crippen molar-refractivity contribution in [3.05, 3.63) is 41.1 Å². The smallest absolute Gasteiger partial charge is 0.266 e. The van der Waals surface area contributed by atoms with Gasteiger partial charge in [-0.05, 0) is 45.2 Å². The molecule has 3 rings (SSSR count). The van der Waals surface area contributed by atoms with Gasteiger partial charge in [-0.15, -0.1) is 0 Å². The number of hydrogen-bond donors (Lipinski definition) is 2. The third-order valence-corrected chi connectivity index (χ3v) is 8.20. The fourth-order valence-electron chi connectivity index (χ4n) is 4.75. The summed E-state index contributed by atoms with van der Waals surface area (Å²) in [5.41, 5.74) is 1.04. The standard InChI is InChI=1S/C23H32N4O2S/c1-4-14-23(3)15-21(26-18-8-6-5-7-9-18)20(16-24)22(25)27(23)30(28,29)19-12-10-17(2)11-13-19/h10-13,18,25-26H,4-9,14-15H2,1-3H3. The van der Waals surface area contributed by atoms with Crippen molar-refractivity contribution in [2.24, 2.45) is 0 Å². The topological polar surface area (TPSA) is 97.1 Å². The molecule has 0 spiro atoms. The van der Waals surface area contributed by atoms with E-state index in [9.17, 15) is 13.7 Å². The quantitative estimate of drug-likeness (QED) is 0.690. The lowest BCUT2D eigenvalue weighted by Crippen LogP contribution is -2.57. The maximum absolute atomic E-state index is 13.6. The summed E-state index contributed by atoms with van der Waals surface area (Å²) in [6.07, 6.45) is 7.44. The monoisotopic (exact) mass is 428 g/mol. The minimum absolute atomic E-state index is 0.143. The van der Waals surface area contributed by atoms with E-state index in [1.54, 1.807) is 24.3 Å². The van der Waals surface area contributed by atoms with E-state index in [1.807, 2.05) is 20.8 Å². The third kappa shape index (κ3) is 4.24. The van der Waals surface area contributed by atoms with Crippen LogP contribution in [0.15, 0.2) is 40.4 Å². The fraction of sp³-hybridized carbons (Fsp3) is 0.565. The highest BCUT2D eigenvalue weighted by molar-refractivity contribution is 7.89. The highest BCUT2D eigenvalue weighted by Gasteiger charge is 2.47. The average Bonchev–Trinajstić information content (AvgIpc) is 2.69. The molecule has 1 unspecified atom stereocenters. The number of nitrogens with zero attached hydrogens (tertiary/aromatic N) is 2. The van der Waals surface area contributed by atoms with Crippen molar-refractivity contribution in [3.63, 3.8) is 0 Å². The van der Waals surface area contributed by atoms with Crippen LogP contribution >= 0.6 is 0 Å². The lowest BCUT2D eigenvalue weighted by Gasteiger charge is -2.46. The van der Waals surface area contributed by atoms with Crippen molar-refractivity contribution in [2.75, 3.05) is 0 Å². The van der Waals surface area contributed by atoms with Gasteiger partial charge in [-0.3, -0.25) is 5.41 Å². The van der Waals surface area contributed by atoms with E-state index >= 15 is 0 Å². The Morgan fingerprint density at radius 3 is 2.43 bits per heavy atom. The number of nitriles is 1. The molecule has 1 atom stereocenters. The van der Waals surface area contributed by atoms with Crippen LogP contribution in [0.4, 0.5) is 0 Å². The van der Waals surface area contributed by atoms with Gasteiger partial charge >= 0.3 is 0 Å². The van der Waals surface area contributed by atoms with Crippen molar-refractivity contribution in [3.8, 4) is 6.07 Å². The van der Waals surface area contributed by atoms with Crippen molar-refractivity contribution < 1.29 is 8.42 Å². The van der Waals surface area contributed by atoms with Gasteiger partial charge < -0.3 is 5.32 Å². The maximum atomic E-state index is 13.6. The van der Waals surface area contributed by atoms with E-state index in [1.165, 1.54) is 10.7 Å². The number of aryl methyl sites for hydroxylation is 1. The predicted octanol–water partition coefficient (Wildman–Crippen LogP) is 4.63. The van der Waals surface area contributed by atoms with Gasteiger partial charge in [0.1, 0.15) is 11.6 Å². The molecule has 1 aliphatic heterocycles. The Labute approximate surface area is 180 Å². The van der Waals surface area contributed by atoms with Gasteiger partial charge in [0.05, 0.1) is 10.4 Å².